The van der Waals surface area contributed by atoms with E-state index in [1.54, 1.807) is 0 Å². The molecule has 3 fully saturated rings. The Kier molecular flexibility index (Phi) is 51.5. The van der Waals surface area contributed by atoms with E-state index in [4.69, 9.17) is 42.2 Å². The summed E-state index contributed by atoms with van der Waals surface area (Å²) in [6.07, 6.45) is 15.5. The molecule has 0 spiro atoms. The smallest absolute Gasteiger partial charge is 0.463 e. The second-order valence-corrected chi connectivity index (χ2v) is 29.5. The van der Waals surface area contributed by atoms with E-state index in [0.717, 1.165) is 89.9 Å². The molecule has 582 valence electrons. The summed E-state index contributed by atoms with van der Waals surface area (Å²) in [7, 11) is -5.70. The number of phosphoric acid groups is 1. The zero-order valence-corrected chi connectivity index (χ0v) is 61.7. The highest BCUT2D eigenvalue weighted by Crippen LogP contribution is 2.49. The molecule has 1 saturated carbocycles. The van der Waals surface area contributed by atoms with Crippen molar-refractivity contribution in [2.24, 2.45) is 0 Å². The summed E-state index contributed by atoms with van der Waals surface area (Å²) in [5.41, 5.74) is 0. The van der Waals surface area contributed by atoms with Crippen LogP contribution in [-0.4, -0.2) is 204 Å². The first-order chi connectivity index (χ1) is 47.8. The van der Waals surface area contributed by atoms with Gasteiger partial charge in [0, 0.05) is 19.3 Å². The molecule has 2 saturated heterocycles. The SMILES string of the molecule is CCCCCCCCC/C=C\CCCCCC(=O)OCC1OC(OC2C(O)C(O)C(O)C(OC3OC(CO)C(O)C(O)C3O)C2OP(=O)(O)OCC(COC(=O)CCCCCCCCCCCCCCCCCC)OC(=O)CCCCCCCCCCCCCCCC)C(O)C(O)C1O. The van der Waals surface area contributed by atoms with Gasteiger partial charge in [-0.05, 0) is 44.9 Å². The second-order valence-electron chi connectivity index (χ2n) is 28.1. The molecule has 0 radical (unpaired) electrons. The maximum atomic E-state index is 14.3. The van der Waals surface area contributed by atoms with E-state index in [1.807, 2.05) is 0 Å². The molecule has 0 aromatic heterocycles. The van der Waals surface area contributed by atoms with Crippen LogP contribution in [0.3, 0.4) is 0 Å². The summed E-state index contributed by atoms with van der Waals surface area (Å²) >= 11 is 0. The Bertz CT molecular complexity index is 2090. The monoisotopic (exact) mass is 1440 g/mol. The fourth-order valence-electron chi connectivity index (χ4n) is 12.9. The van der Waals surface area contributed by atoms with Crippen molar-refractivity contribution in [3.05, 3.63) is 12.2 Å². The van der Waals surface area contributed by atoms with Crippen molar-refractivity contribution in [1.82, 2.24) is 0 Å². The molecule has 25 heteroatoms. The summed E-state index contributed by atoms with van der Waals surface area (Å²) in [5.74, 6) is -1.99. The molecule has 18 unspecified atom stereocenters. The fraction of sp³-hybridized carbons (Fsp3) is 0.932. The van der Waals surface area contributed by atoms with Gasteiger partial charge in [0.1, 0.15) is 98.7 Å². The molecule has 18 atom stereocenters. The summed E-state index contributed by atoms with van der Waals surface area (Å²) in [4.78, 5) is 51.0. The predicted molar refractivity (Wildman–Crippen MR) is 375 cm³/mol. The molecule has 3 aliphatic rings. The first kappa shape index (κ1) is 90.9. The first-order valence-electron chi connectivity index (χ1n) is 39.0. The average Bonchev–Trinajstić information content (AvgIpc) is 0.763. The highest BCUT2D eigenvalue weighted by Gasteiger charge is 2.58. The van der Waals surface area contributed by atoms with Crippen molar-refractivity contribution in [3.63, 3.8) is 0 Å². The number of aliphatic hydroxyl groups excluding tert-OH is 10. The third kappa shape index (κ3) is 39.0. The number of aliphatic hydroxyl groups is 10. The van der Waals surface area contributed by atoms with Crippen molar-refractivity contribution in [3.8, 4) is 0 Å². The van der Waals surface area contributed by atoms with Crippen molar-refractivity contribution in [1.29, 1.82) is 0 Å². The number of ether oxygens (including phenoxy) is 7. The van der Waals surface area contributed by atoms with Crippen LogP contribution in [-0.2, 0) is 61.2 Å². The molecule has 2 heterocycles. The highest BCUT2D eigenvalue weighted by atomic mass is 31.2. The Morgan fingerprint density at radius 3 is 1.10 bits per heavy atom. The number of hydrogen-bond donors (Lipinski definition) is 11. The van der Waals surface area contributed by atoms with E-state index in [9.17, 15) is 74.9 Å². The number of esters is 3. The van der Waals surface area contributed by atoms with E-state index >= 15 is 0 Å². The minimum atomic E-state index is -5.70. The van der Waals surface area contributed by atoms with Gasteiger partial charge in [0.2, 0.25) is 0 Å². The molecule has 0 bridgehead atoms. The minimum absolute atomic E-state index is 0.00969. The molecule has 11 N–H and O–H groups in total. The quantitative estimate of drug-likeness (QED) is 0.00886. The summed E-state index contributed by atoms with van der Waals surface area (Å²) in [6, 6.07) is 0. The number of carbonyl (C=O) groups is 3. The molecule has 0 aromatic rings. The van der Waals surface area contributed by atoms with Gasteiger partial charge in [-0.1, -0.05) is 258 Å². The Hall–Kier alpha value is -2.30. The van der Waals surface area contributed by atoms with Gasteiger partial charge in [-0.2, -0.15) is 0 Å². The van der Waals surface area contributed by atoms with Gasteiger partial charge < -0.3 is 89.1 Å². The van der Waals surface area contributed by atoms with Gasteiger partial charge >= 0.3 is 25.7 Å². The third-order valence-corrected chi connectivity index (χ3v) is 20.3. The second kappa shape index (κ2) is 56.1. The molecular formula is C74H137O24P. The lowest BCUT2D eigenvalue weighted by atomic mass is 9.84. The Balaban J connectivity index is 1.72. The van der Waals surface area contributed by atoms with Crippen LogP contribution in [0.15, 0.2) is 12.2 Å². The Morgan fingerprint density at radius 1 is 0.384 bits per heavy atom. The number of hydrogen-bond acceptors (Lipinski definition) is 23. The molecule has 1 aliphatic carbocycles. The van der Waals surface area contributed by atoms with Gasteiger partial charge in [-0.25, -0.2) is 4.57 Å². The number of carbonyl (C=O) groups excluding carboxylic acids is 3. The minimum Gasteiger partial charge on any atom is -0.463 e. The molecular weight excluding hydrogens is 1300 g/mol. The third-order valence-electron chi connectivity index (χ3n) is 19.3. The van der Waals surface area contributed by atoms with Crippen LogP contribution < -0.4 is 0 Å². The molecule has 99 heavy (non-hydrogen) atoms. The molecule has 2 aliphatic heterocycles. The number of unbranched alkanes of at least 4 members (excludes halogenated alkanes) is 38. The van der Waals surface area contributed by atoms with Crippen molar-refractivity contribution in [2.75, 3.05) is 26.4 Å². The maximum Gasteiger partial charge on any atom is 0.472 e. The number of rotatable bonds is 61. The normalized spacial score (nSPS) is 27.5. The van der Waals surface area contributed by atoms with Crippen LogP contribution in [0, 0.1) is 0 Å². The van der Waals surface area contributed by atoms with E-state index < -0.39 is 156 Å². The number of allylic oxidation sites excluding steroid dienone is 2. The molecule has 3 rings (SSSR count). The van der Waals surface area contributed by atoms with Gasteiger partial charge in [0.05, 0.1) is 13.2 Å². The standard InChI is InChI=1S/C74H137O24P/c1-4-7-10-13-16-19-22-25-28-29-32-34-36-39-42-45-48-58(76)90-52-55(93-60(78)50-47-44-41-38-35-31-27-24-21-18-15-12-9-6-3)53-92-99(88,89)98-72-70(96-73-68(86)63(81)61(79)56(51-75)94-73)66(84)65(83)67(85)71(72)97-74-69(87)64(82)62(80)57(95-74)54-91-59(77)49-46-43-40-37-33-30-26-23-20-17-14-11-8-5-2/h30,33,55-57,61-75,79-87H,4-29,31-32,34-54H2,1-3H3,(H,88,89)/b33-30-. The Morgan fingerprint density at radius 2 is 0.707 bits per heavy atom. The van der Waals surface area contributed by atoms with Gasteiger partial charge in [-0.3, -0.25) is 23.4 Å². The van der Waals surface area contributed by atoms with Crippen LogP contribution in [0.25, 0.3) is 0 Å². The largest absolute Gasteiger partial charge is 0.472 e. The Labute approximate surface area is 592 Å². The van der Waals surface area contributed by atoms with Crippen molar-refractivity contribution in [2.45, 2.75) is 414 Å². The number of phosphoric ester groups is 1. The first-order valence-corrected chi connectivity index (χ1v) is 40.5. The predicted octanol–water partition coefficient (Wildman–Crippen LogP) is 11.1. The lowest BCUT2D eigenvalue weighted by molar-refractivity contribution is -0.360. The highest BCUT2D eigenvalue weighted by molar-refractivity contribution is 7.47. The lowest BCUT2D eigenvalue weighted by Crippen LogP contribution is -2.69. The summed E-state index contributed by atoms with van der Waals surface area (Å²) in [5, 5.41) is 110. The average molecular weight is 1440 g/mol. The lowest BCUT2D eigenvalue weighted by Gasteiger charge is -2.49. The van der Waals surface area contributed by atoms with Crippen LogP contribution in [0.4, 0.5) is 0 Å². The van der Waals surface area contributed by atoms with E-state index in [0.29, 0.717) is 19.3 Å². The van der Waals surface area contributed by atoms with Crippen molar-refractivity contribution >= 4 is 25.7 Å². The van der Waals surface area contributed by atoms with E-state index in [2.05, 4.69) is 32.9 Å². The molecule has 24 nitrogen and oxygen atoms in total. The fourth-order valence-corrected chi connectivity index (χ4v) is 13.9. The zero-order valence-electron chi connectivity index (χ0n) is 60.8. The van der Waals surface area contributed by atoms with Crippen molar-refractivity contribution < 1.29 is 117 Å². The topological polar surface area (TPSA) is 374 Å². The van der Waals surface area contributed by atoms with Crippen LogP contribution in [0.2, 0.25) is 0 Å². The van der Waals surface area contributed by atoms with E-state index in [1.165, 1.54) is 161 Å². The summed E-state index contributed by atoms with van der Waals surface area (Å²) < 4.78 is 65.1. The van der Waals surface area contributed by atoms with Gasteiger partial charge in [0.15, 0.2) is 18.7 Å². The molecule has 0 aromatic carbocycles. The van der Waals surface area contributed by atoms with Crippen LogP contribution in [0.5, 0.6) is 0 Å². The van der Waals surface area contributed by atoms with Crippen LogP contribution in [0.1, 0.15) is 310 Å². The zero-order chi connectivity index (χ0) is 72.5. The van der Waals surface area contributed by atoms with Gasteiger partial charge in [-0.15, -0.1) is 0 Å². The van der Waals surface area contributed by atoms with Crippen LogP contribution >= 0.6 is 7.82 Å². The molecule has 0 amide bonds. The summed E-state index contributed by atoms with van der Waals surface area (Å²) in [6.45, 7) is 3.46. The van der Waals surface area contributed by atoms with E-state index in [-0.39, 0.29) is 19.3 Å². The maximum absolute atomic E-state index is 14.3. The van der Waals surface area contributed by atoms with Gasteiger partial charge in [0.25, 0.3) is 0 Å².